The number of likely N-dealkylation sites (tertiary alicyclic amines) is 1. The fourth-order valence-corrected chi connectivity index (χ4v) is 4.74. The smallest absolute Gasteiger partial charge is 0.251 e. The Morgan fingerprint density at radius 3 is 2.40 bits per heavy atom. The number of nitrogens with one attached hydrogen (secondary N) is 1. The van der Waals surface area contributed by atoms with Gasteiger partial charge in [0.15, 0.2) is 0 Å². The molecule has 1 fully saturated rings. The van der Waals surface area contributed by atoms with Crippen molar-refractivity contribution in [2.75, 3.05) is 26.7 Å². The summed E-state index contributed by atoms with van der Waals surface area (Å²) < 4.78 is 2.06. The summed E-state index contributed by atoms with van der Waals surface area (Å²) in [7, 11) is 2.17. The van der Waals surface area contributed by atoms with Crippen LogP contribution in [0.1, 0.15) is 35.2 Å². The Hall–Kier alpha value is -3.95. The third-order valence-electron chi connectivity index (χ3n) is 6.97. The number of hydrogen-bond acceptors (Lipinski definition) is 4. The van der Waals surface area contributed by atoms with E-state index in [1.807, 2.05) is 66.9 Å². The standard InChI is InChI=1S/C29H29N5O/c1-33-16-13-21(14-17-33)12-15-31-29(35)25-8-6-23(7-9-25)26-10-11-28-32-19-27(34(28)20-26)24-4-2-22(18-30)3-5-24/h2-11,19-21H,12-17H2,1H3,(H,31,35). The van der Waals surface area contributed by atoms with Gasteiger partial charge in [0.2, 0.25) is 0 Å². The molecule has 0 bridgehead atoms. The zero-order chi connectivity index (χ0) is 24.2. The quantitative estimate of drug-likeness (QED) is 0.437. The van der Waals surface area contributed by atoms with Crippen LogP contribution in [0.5, 0.6) is 0 Å². The zero-order valence-electron chi connectivity index (χ0n) is 19.9. The van der Waals surface area contributed by atoms with Crippen LogP contribution in [0.15, 0.2) is 73.1 Å². The van der Waals surface area contributed by atoms with E-state index < -0.39 is 0 Å². The van der Waals surface area contributed by atoms with Gasteiger partial charge in [0.1, 0.15) is 5.65 Å². The van der Waals surface area contributed by atoms with Gasteiger partial charge in [0.05, 0.1) is 23.5 Å². The van der Waals surface area contributed by atoms with Gasteiger partial charge in [-0.2, -0.15) is 5.26 Å². The predicted octanol–water partition coefficient (Wildman–Crippen LogP) is 5.00. The van der Waals surface area contributed by atoms with E-state index in [1.54, 1.807) is 0 Å². The fourth-order valence-electron chi connectivity index (χ4n) is 4.74. The van der Waals surface area contributed by atoms with Crippen molar-refractivity contribution in [2.24, 2.45) is 5.92 Å². The van der Waals surface area contributed by atoms with Crippen molar-refractivity contribution in [2.45, 2.75) is 19.3 Å². The van der Waals surface area contributed by atoms with Crippen LogP contribution in [0.3, 0.4) is 0 Å². The highest BCUT2D eigenvalue weighted by Gasteiger charge is 2.16. The number of piperidine rings is 1. The minimum atomic E-state index is -0.0161. The van der Waals surface area contributed by atoms with E-state index in [9.17, 15) is 4.79 Å². The molecule has 0 radical (unpaired) electrons. The molecule has 1 aliphatic rings. The van der Waals surface area contributed by atoms with Gasteiger partial charge in [-0.15, -0.1) is 0 Å². The Bertz CT molecular complexity index is 1360. The van der Waals surface area contributed by atoms with Gasteiger partial charge >= 0.3 is 0 Å². The minimum absolute atomic E-state index is 0.0161. The first-order chi connectivity index (χ1) is 17.1. The van der Waals surface area contributed by atoms with Crippen LogP contribution >= 0.6 is 0 Å². The van der Waals surface area contributed by atoms with E-state index >= 15 is 0 Å². The lowest BCUT2D eigenvalue weighted by Crippen LogP contribution is -2.32. The second-order valence-corrected chi connectivity index (χ2v) is 9.35. The normalized spacial score (nSPS) is 14.6. The van der Waals surface area contributed by atoms with Crippen LogP contribution in [-0.2, 0) is 0 Å². The SMILES string of the molecule is CN1CCC(CCNC(=O)c2ccc(-c3ccc4ncc(-c5ccc(C#N)cc5)n4c3)cc2)CC1. The lowest BCUT2D eigenvalue weighted by Gasteiger charge is -2.28. The van der Waals surface area contributed by atoms with Gasteiger partial charge in [-0.05, 0) is 92.8 Å². The second kappa shape index (κ2) is 10.1. The van der Waals surface area contributed by atoms with Gasteiger partial charge in [0.25, 0.3) is 5.91 Å². The van der Waals surface area contributed by atoms with Gasteiger partial charge in [-0.25, -0.2) is 4.98 Å². The average Bonchev–Trinajstić information content (AvgIpc) is 3.33. The summed E-state index contributed by atoms with van der Waals surface area (Å²) >= 11 is 0. The lowest BCUT2D eigenvalue weighted by atomic mass is 9.94. The molecule has 0 unspecified atom stereocenters. The number of benzene rings is 2. The van der Waals surface area contributed by atoms with Crippen molar-refractivity contribution in [1.29, 1.82) is 5.26 Å². The van der Waals surface area contributed by atoms with Crippen LogP contribution in [0, 0.1) is 17.2 Å². The number of nitrogens with zero attached hydrogens (tertiary/aromatic N) is 4. The Balaban J connectivity index is 1.27. The van der Waals surface area contributed by atoms with Gasteiger partial charge in [0, 0.05) is 23.9 Å². The summed E-state index contributed by atoms with van der Waals surface area (Å²) in [6, 6.07) is 21.5. The van der Waals surface area contributed by atoms with Gasteiger partial charge in [-0.3, -0.25) is 9.20 Å². The molecule has 176 valence electrons. The number of hydrogen-bond donors (Lipinski definition) is 1. The lowest BCUT2D eigenvalue weighted by molar-refractivity contribution is 0.0949. The summed E-state index contributed by atoms with van der Waals surface area (Å²) in [5, 5.41) is 12.1. The molecule has 35 heavy (non-hydrogen) atoms. The molecule has 2 aromatic heterocycles. The molecule has 0 aliphatic carbocycles. The maximum atomic E-state index is 12.6. The van der Waals surface area contributed by atoms with E-state index in [1.165, 1.54) is 12.8 Å². The zero-order valence-corrected chi connectivity index (χ0v) is 19.9. The van der Waals surface area contributed by atoms with Crippen molar-refractivity contribution in [1.82, 2.24) is 19.6 Å². The van der Waals surface area contributed by atoms with Crippen LogP contribution in [0.25, 0.3) is 28.0 Å². The van der Waals surface area contributed by atoms with Crippen LogP contribution in [0.2, 0.25) is 0 Å². The number of amides is 1. The van der Waals surface area contributed by atoms with Crippen LogP contribution in [-0.4, -0.2) is 46.9 Å². The molecular weight excluding hydrogens is 434 g/mol. The molecular formula is C29H29N5O. The van der Waals surface area contributed by atoms with E-state index in [-0.39, 0.29) is 5.91 Å². The number of fused-ring (bicyclic) bond motifs is 1. The highest BCUT2D eigenvalue weighted by Crippen LogP contribution is 2.26. The molecule has 0 saturated carbocycles. The maximum absolute atomic E-state index is 12.6. The second-order valence-electron chi connectivity index (χ2n) is 9.35. The van der Waals surface area contributed by atoms with E-state index in [0.717, 1.165) is 54.1 Å². The highest BCUT2D eigenvalue weighted by atomic mass is 16.1. The number of pyridine rings is 1. The van der Waals surface area contributed by atoms with Crippen molar-refractivity contribution in [3.8, 4) is 28.5 Å². The van der Waals surface area contributed by atoms with E-state index in [0.29, 0.717) is 17.0 Å². The first-order valence-corrected chi connectivity index (χ1v) is 12.2. The minimum Gasteiger partial charge on any atom is -0.352 e. The molecule has 6 heteroatoms. The maximum Gasteiger partial charge on any atom is 0.251 e. The molecule has 5 rings (SSSR count). The van der Waals surface area contributed by atoms with Crippen molar-refractivity contribution < 1.29 is 4.79 Å². The van der Waals surface area contributed by atoms with Crippen LogP contribution in [0.4, 0.5) is 0 Å². The molecule has 1 aliphatic heterocycles. The summed E-state index contributed by atoms with van der Waals surface area (Å²) in [5.74, 6) is 0.693. The predicted molar refractivity (Wildman–Crippen MR) is 138 cm³/mol. The molecule has 1 amide bonds. The number of carbonyl (C=O) groups excluding carboxylic acids is 1. The third-order valence-corrected chi connectivity index (χ3v) is 6.97. The number of carbonyl (C=O) groups is 1. The van der Waals surface area contributed by atoms with Crippen molar-refractivity contribution in [3.63, 3.8) is 0 Å². The summed E-state index contributed by atoms with van der Waals surface area (Å²) in [5.41, 5.74) is 6.21. The molecule has 2 aromatic carbocycles. The van der Waals surface area contributed by atoms with Crippen molar-refractivity contribution in [3.05, 3.63) is 84.2 Å². The number of imidazole rings is 1. The fraction of sp³-hybridized carbons (Fsp3) is 0.276. The highest BCUT2D eigenvalue weighted by molar-refractivity contribution is 5.94. The van der Waals surface area contributed by atoms with E-state index in [4.69, 9.17) is 5.26 Å². The monoisotopic (exact) mass is 463 g/mol. The number of nitriles is 1. The molecule has 3 heterocycles. The molecule has 6 nitrogen and oxygen atoms in total. The van der Waals surface area contributed by atoms with Gasteiger partial charge < -0.3 is 10.2 Å². The summed E-state index contributed by atoms with van der Waals surface area (Å²) in [4.78, 5) is 19.5. The topological polar surface area (TPSA) is 73.4 Å². The number of aromatic nitrogens is 2. The van der Waals surface area contributed by atoms with Gasteiger partial charge in [-0.1, -0.05) is 24.3 Å². The number of rotatable bonds is 6. The Kier molecular flexibility index (Phi) is 6.60. The molecule has 1 saturated heterocycles. The average molecular weight is 464 g/mol. The first kappa shape index (κ1) is 22.8. The molecule has 0 spiro atoms. The Morgan fingerprint density at radius 1 is 1.00 bits per heavy atom. The Morgan fingerprint density at radius 2 is 1.69 bits per heavy atom. The largest absolute Gasteiger partial charge is 0.352 e. The molecule has 1 N–H and O–H groups in total. The van der Waals surface area contributed by atoms with Crippen molar-refractivity contribution >= 4 is 11.6 Å². The Labute approximate surface area is 205 Å². The third kappa shape index (κ3) is 5.11. The summed E-state index contributed by atoms with van der Waals surface area (Å²) in [6.45, 7) is 3.03. The first-order valence-electron chi connectivity index (χ1n) is 12.2. The molecule has 4 aromatic rings. The summed E-state index contributed by atoms with van der Waals surface area (Å²) in [6.07, 6.45) is 7.39. The molecule has 0 atom stereocenters. The van der Waals surface area contributed by atoms with E-state index in [2.05, 4.69) is 38.9 Å². The van der Waals surface area contributed by atoms with Crippen LogP contribution < -0.4 is 5.32 Å².